The summed E-state index contributed by atoms with van der Waals surface area (Å²) in [6.07, 6.45) is 0. The zero-order valence-electron chi connectivity index (χ0n) is 20.0. The molecule has 1 amide bonds. The molecule has 0 heterocycles. The lowest BCUT2D eigenvalue weighted by Gasteiger charge is -2.24. The molecular weight excluding hydrogens is 471 g/mol. The number of hydrogen-bond acceptors (Lipinski definition) is 5. The number of rotatable bonds is 11. The summed E-state index contributed by atoms with van der Waals surface area (Å²) in [5.74, 6) is 0.210. The molecule has 0 fully saturated rings. The zero-order valence-corrected chi connectivity index (χ0v) is 20.8. The van der Waals surface area contributed by atoms with E-state index in [1.165, 1.54) is 12.1 Å². The number of amides is 1. The molecule has 0 aliphatic carbocycles. The highest BCUT2D eigenvalue weighted by atomic mass is 32.2. The fourth-order valence-corrected chi connectivity index (χ4v) is 4.91. The third kappa shape index (κ3) is 7.19. The summed E-state index contributed by atoms with van der Waals surface area (Å²) in [6, 6.07) is 16.7. The molecule has 0 aliphatic rings. The molecule has 0 unspecified atom stereocenters. The fraction of sp³-hybridized carbons (Fsp3) is 0.269. The number of ether oxygens (including phenoxy) is 2. The Morgan fingerprint density at radius 3 is 2.14 bits per heavy atom. The average molecular weight is 501 g/mol. The van der Waals surface area contributed by atoms with Crippen molar-refractivity contribution < 1.29 is 27.1 Å². The maximum atomic E-state index is 13.4. The number of nitrogens with zero attached hydrogens (tertiary/aromatic N) is 1. The van der Waals surface area contributed by atoms with E-state index in [2.05, 4.69) is 5.32 Å². The standard InChI is InChI=1S/C26H29FN2O5S/c1-4-33-23-9-7-22(8-10-23)29(35(31,32)25-11-5-21(27)6-12-25)18-26(30)28-13-14-34-24-16-19(2)15-20(3)17-24/h5-12,15-17H,4,13-14,18H2,1-3H3,(H,28,30). The highest BCUT2D eigenvalue weighted by Crippen LogP contribution is 2.26. The lowest BCUT2D eigenvalue weighted by atomic mass is 10.1. The summed E-state index contributed by atoms with van der Waals surface area (Å²) < 4.78 is 52.1. The van der Waals surface area contributed by atoms with Gasteiger partial charge in [-0.15, -0.1) is 0 Å². The molecule has 0 atom stereocenters. The minimum absolute atomic E-state index is 0.126. The Morgan fingerprint density at radius 1 is 0.914 bits per heavy atom. The summed E-state index contributed by atoms with van der Waals surface area (Å²) >= 11 is 0. The van der Waals surface area contributed by atoms with Crippen molar-refractivity contribution in [2.45, 2.75) is 25.7 Å². The van der Waals surface area contributed by atoms with Gasteiger partial charge in [0, 0.05) is 0 Å². The number of carbonyl (C=O) groups excluding carboxylic acids is 1. The van der Waals surface area contributed by atoms with Crippen LogP contribution in [0.15, 0.2) is 71.6 Å². The van der Waals surface area contributed by atoms with Crippen LogP contribution < -0.4 is 19.1 Å². The average Bonchev–Trinajstić information content (AvgIpc) is 2.81. The quantitative estimate of drug-likeness (QED) is 0.398. The Morgan fingerprint density at radius 2 is 1.54 bits per heavy atom. The molecule has 3 rings (SSSR count). The van der Waals surface area contributed by atoms with Crippen molar-refractivity contribution in [2.24, 2.45) is 0 Å². The van der Waals surface area contributed by atoms with Crippen molar-refractivity contribution in [3.05, 3.63) is 83.7 Å². The molecule has 0 bridgehead atoms. The molecule has 35 heavy (non-hydrogen) atoms. The van der Waals surface area contributed by atoms with E-state index >= 15 is 0 Å². The van der Waals surface area contributed by atoms with E-state index in [-0.39, 0.29) is 23.7 Å². The van der Waals surface area contributed by atoms with Crippen LogP contribution in [-0.4, -0.2) is 40.6 Å². The number of halogens is 1. The molecule has 0 aromatic heterocycles. The number of carbonyl (C=O) groups is 1. The van der Waals surface area contributed by atoms with Crippen LogP contribution >= 0.6 is 0 Å². The van der Waals surface area contributed by atoms with E-state index < -0.39 is 28.3 Å². The van der Waals surface area contributed by atoms with Gasteiger partial charge in [0.25, 0.3) is 10.0 Å². The Kier molecular flexibility index (Phi) is 8.70. The lowest BCUT2D eigenvalue weighted by molar-refractivity contribution is -0.119. The summed E-state index contributed by atoms with van der Waals surface area (Å²) in [5, 5.41) is 2.69. The van der Waals surface area contributed by atoms with Gasteiger partial charge in [-0.3, -0.25) is 9.10 Å². The number of aryl methyl sites for hydroxylation is 2. The predicted molar refractivity (Wildman–Crippen MR) is 133 cm³/mol. The van der Waals surface area contributed by atoms with Gasteiger partial charge in [-0.2, -0.15) is 0 Å². The van der Waals surface area contributed by atoms with Gasteiger partial charge in [0.05, 0.1) is 23.7 Å². The lowest BCUT2D eigenvalue weighted by Crippen LogP contribution is -2.41. The van der Waals surface area contributed by atoms with Crippen LogP contribution in [0.3, 0.4) is 0 Å². The fourth-order valence-electron chi connectivity index (χ4n) is 3.49. The second kappa shape index (κ2) is 11.7. The third-order valence-corrected chi connectivity index (χ3v) is 6.80. The molecule has 1 N–H and O–H groups in total. The van der Waals surface area contributed by atoms with Crippen molar-refractivity contribution in [3.63, 3.8) is 0 Å². The molecular formula is C26H29FN2O5S. The zero-order chi connectivity index (χ0) is 25.4. The van der Waals surface area contributed by atoms with Gasteiger partial charge in [0.1, 0.15) is 30.5 Å². The normalized spacial score (nSPS) is 11.1. The number of nitrogens with one attached hydrogen (secondary N) is 1. The summed E-state index contributed by atoms with van der Waals surface area (Å²) in [5.41, 5.74) is 2.42. The highest BCUT2D eigenvalue weighted by Gasteiger charge is 2.27. The van der Waals surface area contributed by atoms with Gasteiger partial charge >= 0.3 is 0 Å². The summed E-state index contributed by atoms with van der Waals surface area (Å²) in [6.45, 7) is 6.20. The number of anilines is 1. The molecule has 7 nitrogen and oxygen atoms in total. The maximum Gasteiger partial charge on any atom is 0.264 e. The molecule has 9 heteroatoms. The summed E-state index contributed by atoms with van der Waals surface area (Å²) in [7, 11) is -4.14. The van der Waals surface area contributed by atoms with Crippen LogP contribution in [0.4, 0.5) is 10.1 Å². The van der Waals surface area contributed by atoms with Crippen LogP contribution in [0.1, 0.15) is 18.1 Å². The van der Waals surface area contributed by atoms with Crippen molar-refractivity contribution in [2.75, 3.05) is 30.6 Å². The first-order valence-corrected chi connectivity index (χ1v) is 12.6. The van der Waals surface area contributed by atoms with Crippen LogP contribution in [0.5, 0.6) is 11.5 Å². The van der Waals surface area contributed by atoms with E-state index in [1.54, 1.807) is 24.3 Å². The maximum absolute atomic E-state index is 13.4. The van der Waals surface area contributed by atoms with E-state index in [9.17, 15) is 17.6 Å². The van der Waals surface area contributed by atoms with E-state index in [0.717, 1.165) is 27.6 Å². The molecule has 3 aromatic carbocycles. The SMILES string of the molecule is CCOc1ccc(N(CC(=O)NCCOc2cc(C)cc(C)c2)S(=O)(=O)c2ccc(F)cc2)cc1. The number of hydrogen-bond donors (Lipinski definition) is 1. The third-order valence-electron chi connectivity index (χ3n) is 5.01. The Hall–Kier alpha value is -3.59. The van der Waals surface area contributed by atoms with Gasteiger partial charge in [-0.25, -0.2) is 12.8 Å². The largest absolute Gasteiger partial charge is 0.494 e. The molecule has 0 radical (unpaired) electrons. The smallest absolute Gasteiger partial charge is 0.264 e. The molecule has 3 aromatic rings. The topological polar surface area (TPSA) is 84.9 Å². The van der Waals surface area contributed by atoms with E-state index in [1.807, 2.05) is 39.0 Å². The molecule has 0 spiro atoms. The van der Waals surface area contributed by atoms with Crippen LogP contribution in [0.25, 0.3) is 0 Å². The monoisotopic (exact) mass is 500 g/mol. The molecule has 0 saturated carbocycles. The molecule has 186 valence electrons. The number of benzene rings is 3. The Labute approximate surface area is 205 Å². The van der Waals surface area contributed by atoms with Gasteiger partial charge in [-0.1, -0.05) is 6.07 Å². The first kappa shape index (κ1) is 26.0. The van der Waals surface area contributed by atoms with Crippen molar-refractivity contribution in [1.82, 2.24) is 5.32 Å². The highest BCUT2D eigenvalue weighted by molar-refractivity contribution is 7.92. The second-order valence-electron chi connectivity index (χ2n) is 7.91. The van der Waals surface area contributed by atoms with Crippen molar-refractivity contribution in [1.29, 1.82) is 0 Å². The van der Waals surface area contributed by atoms with Gasteiger partial charge in [0.15, 0.2) is 0 Å². The van der Waals surface area contributed by atoms with Crippen molar-refractivity contribution >= 4 is 21.6 Å². The predicted octanol–water partition coefficient (Wildman–Crippen LogP) is 4.23. The molecule has 0 saturated heterocycles. The van der Waals surface area contributed by atoms with Gasteiger partial charge < -0.3 is 14.8 Å². The summed E-state index contributed by atoms with van der Waals surface area (Å²) in [4.78, 5) is 12.6. The van der Waals surface area contributed by atoms with Gasteiger partial charge in [0.2, 0.25) is 5.91 Å². The minimum atomic E-state index is -4.14. The van der Waals surface area contributed by atoms with Crippen molar-refractivity contribution in [3.8, 4) is 11.5 Å². The Bertz CT molecular complexity index is 1230. The molecule has 0 aliphatic heterocycles. The Balaban J connectivity index is 1.72. The number of sulfonamides is 1. The first-order valence-electron chi connectivity index (χ1n) is 11.2. The first-order chi connectivity index (χ1) is 16.7. The van der Waals surface area contributed by atoms with Crippen LogP contribution in [0, 0.1) is 19.7 Å². The van der Waals surface area contributed by atoms with Crippen LogP contribution in [-0.2, 0) is 14.8 Å². The van der Waals surface area contributed by atoms with E-state index in [0.29, 0.717) is 18.1 Å². The minimum Gasteiger partial charge on any atom is -0.494 e. The van der Waals surface area contributed by atoms with Gasteiger partial charge in [-0.05, 0) is 92.6 Å². The van der Waals surface area contributed by atoms with Crippen LogP contribution in [0.2, 0.25) is 0 Å². The second-order valence-corrected chi connectivity index (χ2v) is 9.78. The van der Waals surface area contributed by atoms with E-state index in [4.69, 9.17) is 9.47 Å².